The van der Waals surface area contributed by atoms with Gasteiger partial charge in [-0.25, -0.2) is 0 Å². The molecule has 14 heavy (non-hydrogen) atoms. The molecule has 1 aromatic rings. The van der Waals surface area contributed by atoms with E-state index in [-0.39, 0.29) is 6.10 Å². The average Bonchev–Trinajstić information content (AvgIpc) is 2.19. The molecule has 2 nitrogen and oxygen atoms in total. The minimum Gasteiger partial charge on any atom is -0.373 e. The summed E-state index contributed by atoms with van der Waals surface area (Å²) < 4.78 is 5.45. The van der Waals surface area contributed by atoms with Crippen molar-refractivity contribution in [2.75, 3.05) is 6.54 Å². The molecule has 0 saturated carbocycles. The van der Waals surface area contributed by atoms with E-state index in [4.69, 9.17) is 33.7 Å². The summed E-state index contributed by atoms with van der Waals surface area (Å²) in [6.45, 7) is 2.95. The maximum absolute atomic E-state index is 5.85. The number of hydrogen-bond donors (Lipinski definition) is 1. The lowest BCUT2D eigenvalue weighted by Crippen LogP contribution is -2.19. The third-order valence-corrected chi connectivity index (χ3v) is 2.59. The van der Waals surface area contributed by atoms with Crippen molar-refractivity contribution >= 4 is 23.2 Å². The average molecular weight is 234 g/mol. The Labute approximate surface area is 94.0 Å². The maximum atomic E-state index is 5.85. The van der Waals surface area contributed by atoms with E-state index < -0.39 is 0 Å². The Bertz CT molecular complexity index is 304. The zero-order chi connectivity index (χ0) is 10.6. The SMILES string of the molecule is C[C@@H](CN)OCc1ccc(Cl)c(Cl)c1. The van der Waals surface area contributed by atoms with Crippen molar-refractivity contribution < 1.29 is 4.74 Å². The van der Waals surface area contributed by atoms with Gasteiger partial charge in [0.2, 0.25) is 0 Å². The summed E-state index contributed by atoms with van der Waals surface area (Å²) in [6, 6.07) is 5.44. The highest BCUT2D eigenvalue weighted by molar-refractivity contribution is 6.41. The van der Waals surface area contributed by atoms with Crippen LogP contribution in [0.15, 0.2) is 18.2 Å². The van der Waals surface area contributed by atoms with Crippen LogP contribution in [0.1, 0.15) is 12.5 Å². The quantitative estimate of drug-likeness (QED) is 0.869. The molecule has 0 amide bonds. The highest BCUT2D eigenvalue weighted by Gasteiger charge is 2.02. The molecule has 0 aliphatic carbocycles. The Hall–Kier alpha value is -0.280. The molecule has 0 bridgehead atoms. The summed E-state index contributed by atoms with van der Waals surface area (Å²) in [5.74, 6) is 0. The number of rotatable bonds is 4. The highest BCUT2D eigenvalue weighted by atomic mass is 35.5. The van der Waals surface area contributed by atoms with E-state index >= 15 is 0 Å². The van der Waals surface area contributed by atoms with Gasteiger partial charge in [0.15, 0.2) is 0 Å². The molecule has 4 heteroatoms. The Kier molecular flexibility index (Phi) is 4.69. The summed E-state index contributed by atoms with van der Waals surface area (Å²) >= 11 is 11.6. The van der Waals surface area contributed by atoms with Crippen molar-refractivity contribution in [1.29, 1.82) is 0 Å². The smallest absolute Gasteiger partial charge is 0.0721 e. The third kappa shape index (κ3) is 3.46. The Morgan fingerprint density at radius 1 is 1.36 bits per heavy atom. The van der Waals surface area contributed by atoms with E-state index in [0.29, 0.717) is 23.2 Å². The second-order valence-corrected chi connectivity index (χ2v) is 3.92. The van der Waals surface area contributed by atoms with Crippen LogP contribution in [0.3, 0.4) is 0 Å². The summed E-state index contributed by atoms with van der Waals surface area (Å²) in [4.78, 5) is 0. The lowest BCUT2D eigenvalue weighted by molar-refractivity contribution is 0.0590. The van der Waals surface area contributed by atoms with Gasteiger partial charge in [0.25, 0.3) is 0 Å². The first-order chi connectivity index (χ1) is 6.63. The van der Waals surface area contributed by atoms with Gasteiger partial charge >= 0.3 is 0 Å². The molecule has 0 heterocycles. The minimum atomic E-state index is 0.0597. The largest absolute Gasteiger partial charge is 0.373 e. The van der Waals surface area contributed by atoms with Crippen LogP contribution in [0.25, 0.3) is 0 Å². The Morgan fingerprint density at radius 2 is 2.07 bits per heavy atom. The maximum Gasteiger partial charge on any atom is 0.0721 e. The summed E-state index contributed by atoms with van der Waals surface area (Å²) in [5, 5.41) is 1.11. The van der Waals surface area contributed by atoms with E-state index in [1.54, 1.807) is 12.1 Å². The van der Waals surface area contributed by atoms with Gasteiger partial charge in [-0.3, -0.25) is 0 Å². The molecule has 0 aliphatic heterocycles. The Balaban J connectivity index is 2.55. The van der Waals surface area contributed by atoms with Crippen molar-refractivity contribution in [3.05, 3.63) is 33.8 Å². The van der Waals surface area contributed by atoms with E-state index in [9.17, 15) is 0 Å². The number of benzene rings is 1. The van der Waals surface area contributed by atoms with Gasteiger partial charge in [-0.2, -0.15) is 0 Å². The molecule has 0 saturated heterocycles. The first-order valence-electron chi connectivity index (χ1n) is 4.39. The van der Waals surface area contributed by atoms with E-state index in [1.165, 1.54) is 0 Å². The number of hydrogen-bond acceptors (Lipinski definition) is 2. The van der Waals surface area contributed by atoms with Gasteiger partial charge in [-0.05, 0) is 24.6 Å². The van der Waals surface area contributed by atoms with E-state index in [2.05, 4.69) is 0 Å². The van der Waals surface area contributed by atoms with Gasteiger partial charge in [-0.1, -0.05) is 29.3 Å². The fourth-order valence-electron chi connectivity index (χ4n) is 0.936. The van der Waals surface area contributed by atoms with Crippen LogP contribution in [0, 0.1) is 0 Å². The third-order valence-electron chi connectivity index (χ3n) is 1.85. The standard InChI is InChI=1S/C10H13Cl2NO/c1-7(5-13)14-6-8-2-3-9(11)10(12)4-8/h2-4,7H,5-6,13H2,1H3/t7-/m0/s1. The summed E-state index contributed by atoms with van der Waals surface area (Å²) in [5.41, 5.74) is 6.42. The zero-order valence-electron chi connectivity index (χ0n) is 7.97. The van der Waals surface area contributed by atoms with Crippen molar-refractivity contribution in [3.8, 4) is 0 Å². The number of ether oxygens (including phenoxy) is 1. The number of halogens is 2. The lowest BCUT2D eigenvalue weighted by atomic mass is 10.2. The number of nitrogens with two attached hydrogens (primary N) is 1. The molecule has 0 radical (unpaired) electrons. The van der Waals surface area contributed by atoms with Crippen LogP contribution in [0.2, 0.25) is 10.0 Å². The van der Waals surface area contributed by atoms with Gasteiger partial charge in [-0.15, -0.1) is 0 Å². The fraction of sp³-hybridized carbons (Fsp3) is 0.400. The summed E-state index contributed by atoms with van der Waals surface area (Å²) in [6.07, 6.45) is 0.0597. The molecule has 1 rings (SSSR count). The summed E-state index contributed by atoms with van der Waals surface area (Å²) in [7, 11) is 0. The predicted molar refractivity (Wildman–Crippen MR) is 59.8 cm³/mol. The van der Waals surface area contributed by atoms with Crippen molar-refractivity contribution in [2.45, 2.75) is 19.6 Å². The van der Waals surface area contributed by atoms with Crippen molar-refractivity contribution in [2.24, 2.45) is 5.73 Å². The van der Waals surface area contributed by atoms with Gasteiger partial charge < -0.3 is 10.5 Å². The van der Waals surface area contributed by atoms with Crippen molar-refractivity contribution in [3.63, 3.8) is 0 Å². The van der Waals surface area contributed by atoms with Crippen LogP contribution in [0.5, 0.6) is 0 Å². The van der Waals surface area contributed by atoms with E-state index in [0.717, 1.165) is 5.56 Å². The second-order valence-electron chi connectivity index (χ2n) is 3.11. The normalized spacial score (nSPS) is 12.9. The first-order valence-corrected chi connectivity index (χ1v) is 5.14. The van der Waals surface area contributed by atoms with E-state index in [1.807, 2.05) is 13.0 Å². The van der Waals surface area contributed by atoms with Gasteiger partial charge in [0.1, 0.15) is 0 Å². The fourth-order valence-corrected chi connectivity index (χ4v) is 1.26. The molecule has 1 aromatic carbocycles. The Morgan fingerprint density at radius 3 is 2.64 bits per heavy atom. The van der Waals surface area contributed by atoms with Crippen LogP contribution in [-0.4, -0.2) is 12.6 Å². The first kappa shape index (κ1) is 11.8. The van der Waals surface area contributed by atoms with Gasteiger partial charge in [0.05, 0.1) is 22.8 Å². The van der Waals surface area contributed by atoms with Crippen LogP contribution in [-0.2, 0) is 11.3 Å². The molecular formula is C10H13Cl2NO. The molecule has 0 aliphatic rings. The monoisotopic (exact) mass is 233 g/mol. The second kappa shape index (κ2) is 5.56. The molecule has 0 unspecified atom stereocenters. The molecule has 0 spiro atoms. The topological polar surface area (TPSA) is 35.2 Å². The molecule has 78 valence electrons. The molecule has 1 atom stereocenters. The van der Waals surface area contributed by atoms with Crippen molar-refractivity contribution in [1.82, 2.24) is 0 Å². The van der Waals surface area contributed by atoms with Crippen LogP contribution < -0.4 is 5.73 Å². The minimum absolute atomic E-state index is 0.0597. The zero-order valence-corrected chi connectivity index (χ0v) is 9.48. The van der Waals surface area contributed by atoms with Gasteiger partial charge in [0, 0.05) is 6.54 Å². The van der Waals surface area contributed by atoms with Crippen LogP contribution >= 0.6 is 23.2 Å². The molecule has 0 aromatic heterocycles. The molecular weight excluding hydrogens is 221 g/mol. The highest BCUT2D eigenvalue weighted by Crippen LogP contribution is 2.22. The molecule has 0 fully saturated rings. The lowest BCUT2D eigenvalue weighted by Gasteiger charge is -2.10. The predicted octanol–water partition coefficient (Wildman–Crippen LogP) is 2.86. The molecule has 2 N–H and O–H groups in total. The van der Waals surface area contributed by atoms with Crippen LogP contribution in [0.4, 0.5) is 0 Å².